The summed E-state index contributed by atoms with van der Waals surface area (Å²) in [4.78, 5) is 32.3. The van der Waals surface area contributed by atoms with E-state index >= 15 is 0 Å². The van der Waals surface area contributed by atoms with Crippen molar-refractivity contribution in [2.75, 3.05) is 24.7 Å². The zero-order chi connectivity index (χ0) is 24.1. The molecule has 0 aliphatic carbocycles. The molecule has 1 aromatic heterocycles. The number of hydrazone groups is 1. The lowest BCUT2D eigenvalue weighted by atomic mass is 10.2. The summed E-state index contributed by atoms with van der Waals surface area (Å²) in [5.74, 6) is -0.242. The molecule has 4 aromatic rings. The molecule has 0 spiro atoms. The van der Waals surface area contributed by atoms with Crippen LogP contribution in [0.2, 0.25) is 0 Å². The van der Waals surface area contributed by atoms with Gasteiger partial charge in [0.1, 0.15) is 0 Å². The first kappa shape index (κ1) is 23.7. The van der Waals surface area contributed by atoms with Crippen molar-refractivity contribution >= 4 is 56.4 Å². The molecule has 0 atom stereocenters. The van der Waals surface area contributed by atoms with Crippen molar-refractivity contribution < 1.29 is 4.79 Å². The monoisotopic (exact) mass is 535 g/mol. The lowest BCUT2D eigenvalue weighted by molar-refractivity contribution is -0.118. The van der Waals surface area contributed by atoms with Gasteiger partial charge in [0.05, 0.1) is 28.6 Å². The fraction of sp³-hybridized carbons (Fsp3) is 0.120. The van der Waals surface area contributed by atoms with E-state index in [9.17, 15) is 9.59 Å². The predicted octanol–water partition coefficient (Wildman–Crippen LogP) is 4.46. The first-order valence-electron chi connectivity index (χ1n) is 10.4. The first-order chi connectivity index (χ1) is 16.4. The molecule has 1 amide bonds. The molecular weight excluding hydrogens is 514 g/mol. The van der Waals surface area contributed by atoms with E-state index in [0.717, 1.165) is 15.7 Å². The van der Waals surface area contributed by atoms with Crippen LogP contribution in [0.3, 0.4) is 0 Å². The molecular formula is C25H22BrN5O2S. The number of carbonyl (C=O) groups excluding carboxylic acids is 1. The average Bonchev–Trinajstić information content (AvgIpc) is 2.84. The van der Waals surface area contributed by atoms with Crippen LogP contribution < -0.4 is 15.9 Å². The number of para-hydroxylation sites is 1. The molecule has 0 saturated carbocycles. The molecule has 1 heterocycles. The van der Waals surface area contributed by atoms with E-state index in [1.807, 2.05) is 79.7 Å². The Morgan fingerprint density at radius 1 is 1.09 bits per heavy atom. The van der Waals surface area contributed by atoms with Crippen LogP contribution >= 0.6 is 27.7 Å². The van der Waals surface area contributed by atoms with Gasteiger partial charge in [-0.25, -0.2) is 10.4 Å². The third-order valence-electron chi connectivity index (χ3n) is 4.97. The number of rotatable bonds is 7. The highest BCUT2D eigenvalue weighted by Crippen LogP contribution is 2.22. The standard InChI is InChI=1S/C25H22BrN5O2S/c1-30(2)19-11-7-17(8-12-19)15-27-29-23(32)16-34-25-28-22-6-4-3-5-21(22)24(33)31(25)20-13-9-18(26)10-14-20/h3-15H,16H2,1-2H3,(H,29,32)/b27-15+. The van der Waals surface area contributed by atoms with Crippen LogP contribution in [-0.4, -0.2) is 41.5 Å². The van der Waals surface area contributed by atoms with Crippen molar-refractivity contribution in [3.8, 4) is 5.69 Å². The van der Waals surface area contributed by atoms with E-state index in [1.54, 1.807) is 18.3 Å². The smallest absolute Gasteiger partial charge is 0.266 e. The number of fused-ring (bicyclic) bond motifs is 1. The van der Waals surface area contributed by atoms with Crippen LogP contribution in [0.5, 0.6) is 0 Å². The van der Waals surface area contributed by atoms with Gasteiger partial charge in [-0.2, -0.15) is 5.10 Å². The van der Waals surface area contributed by atoms with Crippen molar-refractivity contribution in [3.05, 3.63) is 93.2 Å². The van der Waals surface area contributed by atoms with Gasteiger partial charge in [-0.3, -0.25) is 14.2 Å². The zero-order valence-corrected chi connectivity index (χ0v) is 21.0. The Labute approximate surface area is 209 Å². The Balaban J connectivity index is 1.51. The van der Waals surface area contributed by atoms with Crippen LogP contribution in [0.4, 0.5) is 5.69 Å². The fourth-order valence-electron chi connectivity index (χ4n) is 3.23. The Bertz CT molecular complexity index is 1400. The molecule has 9 heteroatoms. The highest BCUT2D eigenvalue weighted by atomic mass is 79.9. The van der Waals surface area contributed by atoms with Crippen molar-refractivity contribution in [1.29, 1.82) is 0 Å². The number of amides is 1. The molecule has 0 saturated heterocycles. The average molecular weight is 536 g/mol. The number of aromatic nitrogens is 2. The van der Waals surface area contributed by atoms with Gasteiger partial charge in [-0.05, 0) is 54.1 Å². The summed E-state index contributed by atoms with van der Waals surface area (Å²) in [6.45, 7) is 0. The number of hydrogen-bond acceptors (Lipinski definition) is 6. The van der Waals surface area contributed by atoms with Gasteiger partial charge in [0.2, 0.25) is 0 Å². The third-order valence-corrected chi connectivity index (χ3v) is 6.44. The normalized spacial score (nSPS) is 11.1. The summed E-state index contributed by atoms with van der Waals surface area (Å²) in [5.41, 5.74) is 5.57. The quantitative estimate of drug-likeness (QED) is 0.163. The summed E-state index contributed by atoms with van der Waals surface area (Å²) in [5, 5.41) is 4.99. The molecule has 0 fully saturated rings. The largest absolute Gasteiger partial charge is 0.378 e. The molecule has 0 unspecified atom stereocenters. The molecule has 3 aromatic carbocycles. The van der Waals surface area contributed by atoms with Gasteiger partial charge in [-0.15, -0.1) is 0 Å². The van der Waals surface area contributed by atoms with E-state index in [0.29, 0.717) is 21.7 Å². The molecule has 4 rings (SSSR count). The van der Waals surface area contributed by atoms with Crippen molar-refractivity contribution in [1.82, 2.24) is 15.0 Å². The number of anilines is 1. The molecule has 0 radical (unpaired) electrons. The molecule has 0 aliphatic rings. The molecule has 0 bridgehead atoms. The number of hydrogen-bond donors (Lipinski definition) is 1. The number of benzene rings is 3. The van der Waals surface area contributed by atoms with Gasteiger partial charge >= 0.3 is 0 Å². The number of thioether (sulfide) groups is 1. The molecule has 7 nitrogen and oxygen atoms in total. The van der Waals surface area contributed by atoms with Gasteiger partial charge in [0.25, 0.3) is 11.5 Å². The molecule has 1 N–H and O–H groups in total. The van der Waals surface area contributed by atoms with Crippen LogP contribution in [0.25, 0.3) is 16.6 Å². The van der Waals surface area contributed by atoms with Crippen LogP contribution in [-0.2, 0) is 4.79 Å². The minimum atomic E-state index is -0.295. The number of nitrogens with zero attached hydrogens (tertiary/aromatic N) is 4. The minimum Gasteiger partial charge on any atom is -0.378 e. The van der Waals surface area contributed by atoms with Gasteiger partial charge in [0, 0.05) is 24.3 Å². The highest BCUT2D eigenvalue weighted by molar-refractivity contribution is 9.10. The first-order valence-corrected chi connectivity index (χ1v) is 12.2. The highest BCUT2D eigenvalue weighted by Gasteiger charge is 2.14. The fourth-order valence-corrected chi connectivity index (χ4v) is 4.30. The molecule has 172 valence electrons. The zero-order valence-electron chi connectivity index (χ0n) is 18.6. The number of halogens is 1. The molecule has 34 heavy (non-hydrogen) atoms. The van der Waals surface area contributed by atoms with Gasteiger partial charge in [-0.1, -0.05) is 52.0 Å². The molecule has 0 aliphatic heterocycles. The predicted molar refractivity (Wildman–Crippen MR) is 142 cm³/mol. The van der Waals surface area contributed by atoms with Gasteiger partial charge in [0.15, 0.2) is 5.16 Å². The number of carbonyl (C=O) groups is 1. The van der Waals surface area contributed by atoms with Crippen molar-refractivity contribution in [3.63, 3.8) is 0 Å². The van der Waals surface area contributed by atoms with Crippen molar-refractivity contribution in [2.24, 2.45) is 5.10 Å². The van der Waals surface area contributed by atoms with E-state index in [2.05, 4.69) is 31.4 Å². The van der Waals surface area contributed by atoms with E-state index in [1.165, 1.54) is 16.3 Å². The second kappa shape index (κ2) is 10.7. The number of nitrogens with one attached hydrogen (secondary N) is 1. The Morgan fingerprint density at radius 3 is 2.50 bits per heavy atom. The summed E-state index contributed by atoms with van der Waals surface area (Å²) in [6.07, 6.45) is 1.59. The second-order valence-electron chi connectivity index (χ2n) is 7.60. The van der Waals surface area contributed by atoms with Crippen LogP contribution in [0.15, 0.2) is 92.3 Å². The maximum Gasteiger partial charge on any atom is 0.266 e. The Morgan fingerprint density at radius 2 is 1.79 bits per heavy atom. The lowest BCUT2D eigenvalue weighted by Gasteiger charge is -2.13. The van der Waals surface area contributed by atoms with Gasteiger partial charge < -0.3 is 4.90 Å². The second-order valence-corrected chi connectivity index (χ2v) is 9.45. The summed E-state index contributed by atoms with van der Waals surface area (Å²) in [7, 11) is 3.95. The lowest BCUT2D eigenvalue weighted by Crippen LogP contribution is -2.24. The summed E-state index contributed by atoms with van der Waals surface area (Å²) < 4.78 is 2.43. The minimum absolute atomic E-state index is 0.0538. The summed E-state index contributed by atoms with van der Waals surface area (Å²) in [6, 6.07) is 22.4. The van der Waals surface area contributed by atoms with E-state index in [-0.39, 0.29) is 17.2 Å². The summed E-state index contributed by atoms with van der Waals surface area (Å²) >= 11 is 4.60. The van der Waals surface area contributed by atoms with Crippen LogP contribution in [0.1, 0.15) is 5.56 Å². The maximum atomic E-state index is 13.2. The van der Waals surface area contributed by atoms with E-state index in [4.69, 9.17) is 0 Å². The van der Waals surface area contributed by atoms with Crippen LogP contribution in [0, 0.1) is 0 Å². The Kier molecular flexibility index (Phi) is 7.44. The SMILES string of the molecule is CN(C)c1ccc(/C=N/NC(=O)CSc2nc3ccccc3c(=O)n2-c2ccc(Br)cc2)cc1. The Hall–Kier alpha value is -3.43. The van der Waals surface area contributed by atoms with E-state index < -0.39 is 0 Å². The third kappa shape index (κ3) is 5.55. The maximum absolute atomic E-state index is 13.2. The van der Waals surface area contributed by atoms with Crippen molar-refractivity contribution in [2.45, 2.75) is 5.16 Å². The topological polar surface area (TPSA) is 79.6 Å².